The molecule has 0 saturated carbocycles. The summed E-state index contributed by atoms with van der Waals surface area (Å²) in [6.45, 7) is 1.29. The quantitative estimate of drug-likeness (QED) is 0.00685. The van der Waals surface area contributed by atoms with Crippen LogP contribution in [0.5, 0.6) is 0 Å². The Kier molecular flexibility index (Phi) is 31.2. The van der Waals surface area contributed by atoms with Gasteiger partial charge in [0.2, 0.25) is 23.7 Å². The van der Waals surface area contributed by atoms with E-state index in [1.54, 1.807) is 39.0 Å². The normalized spacial score (nSPS) is 14.9. The van der Waals surface area contributed by atoms with Crippen molar-refractivity contribution in [1.82, 2.24) is 77.2 Å². The molecule has 1 fully saturated rings. The van der Waals surface area contributed by atoms with Gasteiger partial charge in [0.05, 0.1) is 38.1 Å². The molecule has 0 spiro atoms. The molecule has 5 rings (SSSR count). The summed E-state index contributed by atoms with van der Waals surface area (Å²) >= 11 is 5.50. The second kappa shape index (κ2) is 39.3. The highest BCUT2D eigenvalue weighted by atomic mass is 32.1. The average molecular weight is 1360 g/mol. The highest BCUT2D eigenvalue weighted by Crippen LogP contribution is 2.18. The van der Waals surface area contributed by atoms with Crippen LogP contribution in [0.1, 0.15) is 79.4 Å². The number of rotatable bonds is 39. The molecule has 37 nitrogen and oxygen atoms in total. The first-order valence-corrected chi connectivity index (χ1v) is 31.0. The maximum atomic E-state index is 14.0. The van der Waals surface area contributed by atoms with Crippen molar-refractivity contribution in [2.75, 3.05) is 94.9 Å². The van der Waals surface area contributed by atoms with E-state index in [1.165, 1.54) is 18.3 Å². The van der Waals surface area contributed by atoms with Gasteiger partial charge in [-0.1, -0.05) is 18.6 Å². The third kappa shape index (κ3) is 28.0. The van der Waals surface area contributed by atoms with Gasteiger partial charge < -0.3 is 90.6 Å². The van der Waals surface area contributed by atoms with E-state index in [4.69, 9.17) is 40.2 Å². The van der Waals surface area contributed by atoms with Crippen LogP contribution < -0.4 is 75.9 Å². The lowest BCUT2D eigenvalue weighted by atomic mass is 10.0. The van der Waals surface area contributed by atoms with Crippen molar-refractivity contribution in [2.24, 2.45) is 11.5 Å². The lowest BCUT2D eigenvalue weighted by Gasteiger charge is -2.33. The molecule has 2 aromatic heterocycles. The molecule has 0 aliphatic carbocycles. The number of amides is 4. The van der Waals surface area contributed by atoms with Gasteiger partial charge in [-0.25, -0.2) is 19.6 Å². The number of carbonyl (C=O) groups is 9. The Labute approximate surface area is 555 Å². The van der Waals surface area contributed by atoms with E-state index < -0.39 is 102 Å². The van der Waals surface area contributed by atoms with Gasteiger partial charge in [0.1, 0.15) is 18.1 Å². The number of hydrogen-bond donors (Lipinski definition) is 21. The number of benzene rings is 2. The number of aliphatic carboxylic acids is 5. The van der Waals surface area contributed by atoms with E-state index >= 15 is 0 Å². The Morgan fingerprint density at radius 2 is 1.23 bits per heavy atom. The Morgan fingerprint density at radius 3 is 1.85 bits per heavy atom. The van der Waals surface area contributed by atoms with E-state index in [9.17, 15) is 73.5 Å². The molecule has 4 aromatic rings. The number of carbonyl (C=O) groups excluding carboxylic acids is 4. The van der Waals surface area contributed by atoms with E-state index in [2.05, 4.69) is 73.1 Å². The van der Waals surface area contributed by atoms with Crippen LogP contribution in [0.25, 0.3) is 11.2 Å². The summed E-state index contributed by atoms with van der Waals surface area (Å²) in [6.07, 6.45) is 0.978. The number of aromatic amines is 1. The van der Waals surface area contributed by atoms with Gasteiger partial charge in [-0.15, -0.1) is 0 Å². The number of fused-ring (bicyclic) bond motifs is 1. The maximum Gasteiger partial charge on any atom is 0.341 e. The van der Waals surface area contributed by atoms with Crippen LogP contribution in [0.15, 0.2) is 59.5 Å². The first-order valence-electron chi connectivity index (χ1n) is 30.6. The second-order valence-corrected chi connectivity index (χ2v) is 22.8. The monoisotopic (exact) mass is 1360 g/mol. The smallest absolute Gasteiger partial charge is 0.341 e. The number of H-pyrrole nitrogens is 1. The molecule has 38 heteroatoms. The first-order chi connectivity index (χ1) is 45.7. The third-order valence-corrected chi connectivity index (χ3v) is 15.1. The lowest BCUT2D eigenvalue weighted by Crippen LogP contribution is -2.58. The molecule has 3 heterocycles. The number of nitrogen functional groups attached to an aromatic ring is 1. The summed E-state index contributed by atoms with van der Waals surface area (Å²) in [7, 11) is 0. The fourth-order valence-corrected chi connectivity index (χ4v) is 10.2. The standard InChI is InChI=1S/C58H84N22O15S/c59-55(60)65-20-4-6-39(72-42(81)17-16-41(53(92)93)74-49(88)34-10-14-35(15-11-34)68-27-37-28-69-47-46(70-37)52(91)77-57(63)76-47)50(89)73-40(7-5-21-66-56(61)62)51(90)75-48(54(94)95)64-18-2-1-3-19-67-58(96)71-36-12-8-33(9-13-36)26-38-29-79(31-44(84)85)23-22-78(30-43(82)83)24-25-80(38)32-45(86)87/h8-15,28,38-41,48,64,68H,1-7,16-27,29-32H2,(H,72,81)(H,73,89)(H,74,88)(H,75,90)(H,82,83)(H,84,85)(H,86,87)(H,92,93)(H,94,95)(H4,59,60,65)(H4,61,62,66)(H2,67,71,96)(H3,63,69,76,77,91)/t38?,39-,40-,41-,48+/m0/s1. The van der Waals surface area contributed by atoms with Crippen molar-refractivity contribution in [1.29, 1.82) is 10.8 Å². The molecule has 1 aliphatic heterocycles. The molecule has 0 bridgehead atoms. The summed E-state index contributed by atoms with van der Waals surface area (Å²) in [5.41, 5.74) is 18.4. The minimum Gasteiger partial charge on any atom is -0.480 e. The minimum atomic E-state index is -1.62. The number of hydrogen-bond acceptors (Lipinski definition) is 22. The fraction of sp³-hybridized carbons (Fsp3) is 0.483. The first kappa shape index (κ1) is 76.3. The number of carboxylic acid groups (broad SMARTS) is 5. The van der Waals surface area contributed by atoms with Crippen molar-refractivity contribution >= 4 is 111 Å². The van der Waals surface area contributed by atoms with Crippen LogP contribution in [0.4, 0.5) is 17.3 Å². The van der Waals surface area contributed by atoms with Gasteiger partial charge in [0, 0.05) is 81.8 Å². The van der Waals surface area contributed by atoms with Gasteiger partial charge in [0.25, 0.3) is 11.5 Å². The van der Waals surface area contributed by atoms with Crippen molar-refractivity contribution in [3.05, 3.63) is 81.9 Å². The van der Waals surface area contributed by atoms with Gasteiger partial charge in [-0.3, -0.25) is 74.2 Å². The summed E-state index contributed by atoms with van der Waals surface area (Å²) in [6, 6.07) is 8.47. The molecule has 522 valence electrons. The van der Waals surface area contributed by atoms with Crippen molar-refractivity contribution < 1.29 is 68.7 Å². The number of guanidine groups is 2. The van der Waals surface area contributed by atoms with E-state index in [0.29, 0.717) is 61.0 Å². The highest BCUT2D eigenvalue weighted by molar-refractivity contribution is 7.80. The van der Waals surface area contributed by atoms with Crippen LogP contribution in [-0.4, -0.2) is 240 Å². The predicted molar refractivity (Wildman–Crippen MR) is 353 cm³/mol. The molecule has 1 saturated heterocycles. The molecular weight excluding hydrogens is 1280 g/mol. The van der Waals surface area contributed by atoms with Crippen LogP contribution in [-0.2, 0) is 51.3 Å². The zero-order chi connectivity index (χ0) is 70.3. The highest BCUT2D eigenvalue weighted by Gasteiger charge is 2.32. The molecule has 1 aliphatic rings. The van der Waals surface area contributed by atoms with Gasteiger partial charge >= 0.3 is 29.8 Å². The van der Waals surface area contributed by atoms with E-state index in [1.807, 2.05) is 12.1 Å². The number of nitrogens with two attached hydrogens (primary N) is 3. The fourth-order valence-electron chi connectivity index (χ4n) is 10.00. The number of aromatic nitrogens is 4. The number of anilines is 3. The Hall–Kier alpha value is -10.4. The van der Waals surface area contributed by atoms with Crippen LogP contribution in [0.3, 0.4) is 0 Å². The number of nitrogens with one attached hydrogen (secondary N) is 13. The molecule has 24 N–H and O–H groups in total. The Bertz CT molecular complexity index is 3420. The molecule has 5 atom stereocenters. The van der Waals surface area contributed by atoms with Crippen molar-refractivity contribution in [3.8, 4) is 0 Å². The van der Waals surface area contributed by atoms with Gasteiger partial charge in [-0.2, -0.15) is 4.98 Å². The SMILES string of the molecule is N=C(N)NCCC[C@H](NC(=O)CC[C@H](NC(=O)c1ccc(NCc2cnc3nc(N)[nH]c(=O)c3n2)cc1)C(=O)O)C(=O)N[C@@H](CCCNC(=N)N)C(=O)N[C@@H](NCCCCCNC(=S)Nc1ccc(CC2CN(CC(=O)O)CCN(CC(=O)O)CCN2CC(=O)O)cc1)C(=O)O. The van der Waals surface area contributed by atoms with E-state index in [0.717, 1.165) is 5.56 Å². The van der Waals surface area contributed by atoms with E-state index in [-0.39, 0.29) is 132 Å². The summed E-state index contributed by atoms with van der Waals surface area (Å²) in [5.74, 6) is -10.3. The van der Waals surface area contributed by atoms with Crippen molar-refractivity contribution in [3.63, 3.8) is 0 Å². The molecular formula is C58H84N22O15S. The molecule has 1 unspecified atom stereocenters. The average Bonchev–Trinajstić information content (AvgIpc) is 0.877. The Morgan fingerprint density at radius 1 is 0.646 bits per heavy atom. The number of unbranched alkanes of at least 4 members (excludes halogenated alkanes) is 2. The third-order valence-electron chi connectivity index (χ3n) is 14.8. The van der Waals surface area contributed by atoms with Crippen LogP contribution >= 0.6 is 12.2 Å². The molecule has 0 radical (unpaired) electrons. The topological polar surface area (TPSA) is 582 Å². The minimum absolute atomic E-state index is 0.0122. The zero-order valence-corrected chi connectivity index (χ0v) is 53.3. The predicted octanol–water partition coefficient (Wildman–Crippen LogP) is -3.28. The zero-order valence-electron chi connectivity index (χ0n) is 52.5. The summed E-state index contributed by atoms with van der Waals surface area (Å²) in [5, 5.41) is 91.4. The summed E-state index contributed by atoms with van der Waals surface area (Å²) in [4.78, 5) is 147. The van der Waals surface area contributed by atoms with Crippen LogP contribution in [0.2, 0.25) is 0 Å². The van der Waals surface area contributed by atoms with Crippen molar-refractivity contribution in [2.45, 2.75) is 101 Å². The number of carboxylic acids is 5. The lowest BCUT2D eigenvalue weighted by molar-refractivity contribution is -0.143. The number of thiocarbonyl (C=S) groups is 1. The number of nitrogens with zero attached hydrogens (tertiary/aromatic N) is 6. The maximum absolute atomic E-state index is 14.0. The van der Waals surface area contributed by atoms with Gasteiger partial charge in [0.15, 0.2) is 34.4 Å². The second-order valence-electron chi connectivity index (χ2n) is 22.4. The largest absolute Gasteiger partial charge is 0.480 e. The molecule has 2 aromatic carbocycles. The molecule has 96 heavy (non-hydrogen) atoms. The summed E-state index contributed by atoms with van der Waals surface area (Å²) < 4.78 is 0. The molecule has 4 amide bonds. The van der Waals surface area contributed by atoms with Gasteiger partial charge in [-0.05, 0) is 112 Å². The van der Waals surface area contributed by atoms with Crippen LogP contribution in [0, 0.1) is 10.8 Å². The Balaban J connectivity index is 1.10.